The molecule has 5 aromatic rings. The number of aryl methyl sites for hydroxylation is 1. The standard InChI is InChI=1S/C30H33N7O5/c1-30(2,3)19-8-9-21-18(12-19)14-31-37(28(21)41)26-7-5-6-22(23(26)17-39)24-13-25(29(42)35(4)33-24)32-27-10-11-36(34-27)15-20(40)16-38/h5-14,20,38-40H,15-17H2,1-4H3,(H,32,34)/t20-/m1/s1. The number of aliphatic hydroxyl groups excluding tert-OH is 3. The van der Waals surface area contributed by atoms with Gasteiger partial charge in [0.25, 0.3) is 11.1 Å². The van der Waals surface area contributed by atoms with Crippen LogP contribution in [0, 0.1) is 0 Å². The molecule has 0 amide bonds. The number of aliphatic hydroxyl groups is 3. The van der Waals surface area contributed by atoms with E-state index in [1.54, 1.807) is 48.8 Å². The average Bonchev–Trinajstić information content (AvgIpc) is 3.40. The quantitative estimate of drug-likeness (QED) is 0.219. The number of fused-ring (bicyclic) bond motifs is 1. The van der Waals surface area contributed by atoms with E-state index in [4.69, 9.17) is 5.11 Å². The maximum absolute atomic E-state index is 13.6. The molecule has 4 N–H and O–H groups in total. The second-order valence-electron chi connectivity index (χ2n) is 11.1. The van der Waals surface area contributed by atoms with Gasteiger partial charge in [0.2, 0.25) is 0 Å². The second kappa shape index (κ2) is 11.3. The first-order valence-electron chi connectivity index (χ1n) is 13.4. The van der Waals surface area contributed by atoms with Gasteiger partial charge in [-0.2, -0.15) is 20.0 Å². The first-order valence-corrected chi connectivity index (χ1v) is 13.4. The third kappa shape index (κ3) is 5.59. The molecule has 3 aromatic heterocycles. The molecule has 0 bridgehead atoms. The summed E-state index contributed by atoms with van der Waals surface area (Å²) in [5.41, 5.74) is 2.16. The monoisotopic (exact) mass is 571 g/mol. The van der Waals surface area contributed by atoms with Crippen LogP contribution in [0.1, 0.15) is 31.9 Å². The number of nitrogens with one attached hydrogen (secondary N) is 1. The first-order chi connectivity index (χ1) is 20.0. The zero-order valence-corrected chi connectivity index (χ0v) is 23.8. The minimum Gasteiger partial charge on any atom is -0.394 e. The maximum atomic E-state index is 13.6. The SMILES string of the molecule is Cn1nc(-c2cccc(-n3ncc4cc(C(C)(C)C)ccc4c3=O)c2CO)cc(Nc2ccn(C[C@@H](O)CO)n2)c1=O. The average molecular weight is 572 g/mol. The summed E-state index contributed by atoms with van der Waals surface area (Å²) in [6.07, 6.45) is 2.29. The van der Waals surface area contributed by atoms with Gasteiger partial charge < -0.3 is 20.6 Å². The van der Waals surface area contributed by atoms with E-state index in [1.807, 2.05) is 12.1 Å². The van der Waals surface area contributed by atoms with Gasteiger partial charge in [-0.05, 0) is 35.2 Å². The van der Waals surface area contributed by atoms with Crippen molar-refractivity contribution in [1.82, 2.24) is 29.3 Å². The van der Waals surface area contributed by atoms with Gasteiger partial charge >= 0.3 is 0 Å². The number of anilines is 2. The van der Waals surface area contributed by atoms with E-state index in [0.29, 0.717) is 33.7 Å². The van der Waals surface area contributed by atoms with Crippen molar-refractivity contribution >= 4 is 22.3 Å². The highest BCUT2D eigenvalue weighted by Gasteiger charge is 2.19. The minimum atomic E-state index is -0.965. The molecule has 5 rings (SSSR count). The minimum absolute atomic E-state index is 0.0830. The summed E-state index contributed by atoms with van der Waals surface area (Å²) in [6.45, 7) is 5.59. The predicted molar refractivity (Wildman–Crippen MR) is 159 cm³/mol. The second-order valence-corrected chi connectivity index (χ2v) is 11.1. The molecule has 0 saturated carbocycles. The number of benzene rings is 2. The normalized spacial score (nSPS) is 12.5. The van der Waals surface area contributed by atoms with Crippen molar-refractivity contribution in [2.24, 2.45) is 7.05 Å². The highest BCUT2D eigenvalue weighted by Crippen LogP contribution is 2.29. The molecular weight excluding hydrogens is 538 g/mol. The Morgan fingerprint density at radius 3 is 2.50 bits per heavy atom. The van der Waals surface area contributed by atoms with Crippen molar-refractivity contribution in [3.05, 3.63) is 92.8 Å². The molecule has 0 spiro atoms. The molecule has 3 heterocycles. The summed E-state index contributed by atoms with van der Waals surface area (Å²) in [5, 5.41) is 46.6. The molecule has 0 unspecified atom stereocenters. The lowest BCUT2D eigenvalue weighted by atomic mass is 9.86. The van der Waals surface area contributed by atoms with Crippen molar-refractivity contribution in [3.63, 3.8) is 0 Å². The molecule has 0 saturated heterocycles. The van der Waals surface area contributed by atoms with E-state index in [-0.39, 0.29) is 23.2 Å². The van der Waals surface area contributed by atoms with Gasteiger partial charge in [-0.15, -0.1) is 0 Å². The molecule has 0 aliphatic carbocycles. The van der Waals surface area contributed by atoms with Crippen LogP contribution >= 0.6 is 0 Å². The first kappa shape index (κ1) is 28.9. The molecule has 0 radical (unpaired) electrons. The summed E-state index contributed by atoms with van der Waals surface area (Å²) in [4.78, 5) is 26.5. The largest absolute Gasteiger partial charge is 0.394 e. The molecular formula is C30H33N7O5. The Balaban J connectivity index is 1.56. The van der Waals surface area contributed by atoms with Gasteiger partial charge in [-0.1, -0.05) is 39.0 Å². The summed E-state index contributed by atoms with van der Waals surface area (Å²) >= 11 is 0. The zero-order chi connectivity index (χ0) is 30.2. The van der Waals surface area contributed by atoms with Crippen LogP contribution in [0.3, 0.4) is 0 Å². The van der Waals surface area contributed by atoms with Gasteiger partial charge in [0.1, 0.15) is 5.69 Å². The van der Waals surface area contributed by atoms with E-state index in [9.17, 15) is 19.8 Å². The Hall–Kier alpha value is -4.65. The van der Waals surface area contributed by atoms with Crippen LogP contribution in [-0.4, -0.2) is 57.4 Å². The fourth-order valence-electron chi connectivity index (χ4n) is 4.74. The highest BCUT2D eigenvalue weighted by molar-refractivity contribution is 5.82. The van der Waals surface area contributed by atoms with Crippen LogP contribution < -0.4 is 16.4 Å². The Morgan fingerprint density at radius 1 is 1.00 bits per heavy atom. The maximum Gasteiger partial charge on any atom is 0.290 e. The number of hydrogen-bond donors (Lipinski definition) is 4. The van der Waals surface area contributed by atoms with Crippen LogP contribution in [-0.2, 0) is 25.6 Å². The van der Waals surface area contributed by atoms with E-state index in [1.165, 1.54) is 21.1 Å². The van der Waals surface area contributed by atoms with Crippen molar-refractivity contribution in [1.29, 1.82) is 0 Å². The van der Waals surface area contributed by atoms with Gasteiger partial charge in [0.15, 0.2) is 5.82 Å². The van der Waals surface area contributed by atoms with E-state index in [2.05, 4.69) is 41.4 Å². The van der Waals surface area contributed by atoms with Crippen LogP contribution in [0.5, 0.6) is 0 Å². The lowest BCUT2D eigenvalue weighted by Crippen LogP contribution is -2.24. The highest BCUT2D eigenvalue weighted by atomic mass is 16.3. The summed E-state index contributed by atoms with van der Waals surface area (Å²) in [7, 11) is 1.51. The molecule has 12 nitrogen and oxygen atoms in total. The van der Waals surface area contributed by atoms with Crippen molar-refractivity contribution in [2.75, 3.05) is 11.9 Å². The fraction of sp³-hybridized carbons (Fsp3) is 0.300. The number of rotatable bonds is 8. The van der Waals surface area contributed by atoms with Crippen molar-refractivity contribution in [3.8, 4) is 16.9 Å². The molecule has 0 aliphatic rings. The lowest BCUT2D eigenvalue weighted by Gasteiger charge is -2.19. The third-order valence-electron chi connectivity index (χ3n) is 7.04. The Labute approximate surface area is 241 Å². The van der Waals surface area contributed by atoms with E-state index >= 15 is 0 Å². The molecule has 0 fully saturated rings. The number of nitrogens with zero attached hydrogens (tertiary/aromatic N) is 6. The summed E-state index contributed by atoms with van der Waals surface area (Å²) in [5.74, 6) is 0.354. The van der Waals surface area contributed by atoms with E-state index in [0.717, 1.165) is 10.9 Å². The lowest BCUT2D eigenvalue weighted by molar-refractivity contribution is 0.0783. The molecule has 2 aromatic carbocycles. The topological polar surface area (TPSA) is 160 Å². The van der Waals surface area contributed by atoms with Crippen LogP contribution in [0.2, 0.25) is 0 Å². The van der Waals surface area contributed by atoms with Crippen molar-refractivity contribution in [2.45, 2.75) is 45.4 Å². The van der Waals surface area contributed by atoms with Crippen LogP contribution in [0.25, 0.3) is 27.7 Å². The number of aromatic nitrogens is 6. The van der Waals surface area contributed by atoms with Crippen LogP contribution in [0.15, 0.2) is 70.5 Å². The Morgan fingerprint density at radius 2 is 1.79 bits per heavy atom. The molecule has 1 atom stereocenters. The van der Waals surface area contributed by atoms with Gasteiger partial charge in [-0.3, -0.25) is 14.3 Å². The summed E-state index contributed by atoms with van der Waals surface area (Å²) in [6, 6.07) is 14.1. The van der Waals surface area contributed by atoms with Crippen LogP contribution in [0.4, 0.5) is 11.5 Å². The third-order valence-corrected chi connectivity index (χ3v) is 7.04. The van der Waals surface area contributed by atoms with E-state index < -0.39 is 24.9 Å². The molecule has 218 valence electrons. The Bertz CT molecular complexity index is 1880. The van der Waals surface area contributed by atoms with Gasteiger partial charge in [0.05, 0.1) is 48.8 Å². The smallest absolute Gasteiger partial charge is 0.290 e. The molecule has 42 heavy (non-hydrogen) atoms. The predicted octanol–water partition coefficient (Wildman–Crippen LogP) is 2.23. The zero-order valence-electron chi connectivity index (χ0n) is 23.8. The van der Waals surface area contributed by atoms with Crippen molar-refractivity contribution < 1.29 is 15.3 Å². The van der Waals surface area contributed by atoms with Gasteiger partial charge in [-0.25, -0.2) is 4.68 Å². The number of hydrogen-bond acceptors (Lipinski definition) is 9. The fourth-order valence-corrected chi connectivity index (χ4v) is 4.74. The van der Waals surface area contributed by atoms with Gasteiger partial charge in [0, 0.05) is 35.8 Å². The summed E-state index contributed by atoms with van der Waals surface area (Å²) < 4.78 is 3.88. The molecule has 0 aliphatic heterocycles. The molecule has 12 heteroatoms. The Kier molecular flexibility index (Phi) is 7.78.